The Morgan fingerprint density at radius 1 is 1.22 bits per heavy atom. The van der Waals surface area contributed by atoms with E-state index in [1.807, 2.05) is 17.0 Å². The van der Waals surface area contributed by atoms with Gasteiger partial charge >= 0.3 is 6.03 Å². The highest BCUT2D eigenvalue weighted by Crippen LogP contribution is 2.38. The Morgan fingerprint density at radius 3 is 2.67 bits per heavy atom. The second kappa shape index (κ2) is 8.10. The van der Waals surface area contributed by atoms with Crippen molar-refractivity contribution in [3.05, 3.63) is 17.2 Å². The zero-order valence-electron chi connectivity index (χ0n) is 15.5. The molecule has 1 aliphatic heterocycles. The average molecular weight is 409 g/mol. The number of anilines is 1. The van der Waals surface area contributed by atoms with Gasteiger partial charge in [-0.3, -0.25) is 0 Å². The molecule has 2 heterocycles. The maximum Gasteiger partial charge on any atom is 0.317 e. The van der Waals surface area contributed by atoms with Crippen LogP contribution in [0.5, 0.6) is 5.75 Å². The minimum atomic E-state index is 0.0792. The monoisotopic (exact) mass is 408 g/mol. The summed E-state index contributed by atoms with van der Waals surface area (Å²) in [5.41, 5.74) is 0.808. The SMILES string of the molecule is COc1ccc(Cl)c2sc(N3CCN(C(=O)NC4CCCCC4)CC3)nc12. The Balaban J connectivity index is 1.39. The molecule has 2 aromatic rings. The topological polar surface area (TPSA) is 57.7 Å². The largest absolute Gasteiger partial charge is 0.494 e. The Kier molecular flexibility index (Phi) is 5.59. The van der Waals surface area contributed by atoms with Gasteiger partial charge in [-0.25, -0.2) is 9.78 Å². The highest BCUT2D eigenvalue weighted by Gasteiger charge is 2.25. The van der Waals surface area contributed by atoms with E-state index >= 15 is 0 Å². The van der Waals surface area contributed by atoms with Crippen LogP contribution in [0.2, 0.25) is 5.02 Å². The second-order valence-corrected chi connectivity index (χ2v) is 8.57. The third-order valence-electron chi connectivity index (χ3n) is 5.44. The van der Waals surface area contributed by atoms with Crippen molar-refractivity contribution in [2.45, 2.75) is 38.1 Å². The average Bonchev–Trinajstić information content (AvgIpc) is 3.16. The first-order valence-electron chi connectivity index (χ1n) is 9.59. The van der Waals surface area contributed by atoms with Crippen LogP contribution < -0.4 is 15.0 Å². The van der Waals surface area contributed by atoms with Gasteiger partial charge < -0.3 is 19.9 Å². The number of urea groups is 1. The zero-order valence-corrected chi connectivity index (χ0v) is 17.1. The number of halogens is 1. The number of benzene rings is 1. The number of rotatable bonds is 3. The third kappa shape index (κ3) is 3.94. The summed E-state index contributed by atoms with van der Waals surface area (Å²) >= 11 is 7.91. The van der Waals surface area contributed by atoms with Crippen LogP contribution in [0.3, 0.4) is 0 Å². The number of piperazine rings is 1. The molecule has 146 valence electrons. The van der Waals surface area contributed by atoms with E-state index < -0.39 is 0 Å². The van der Waals surface area contributed by atoms with Gasteiger partial charge in [0.05, 0.1) is 16.8 Å². The van der Waals surface area contributed by atoms with Crippen LogP contribution >= 0.6 is 22.9 Å². The summed E-state index contributed by atoms with van der Waals surface area (Å²) in [4.78, 5) is 21.4. The lowest BCUT2D eigenvalue weighted by Crippen LogP contribution is -2.53. The summed E-state index contributed by atoms with van der Waals surface area (Å²) in [5.74, 6) is 0.738. The van der Waals surface area contributed by atoms with Gasteiger partial charge in [-0.15, -0.1) is 0 Å². The molecule has 0 bridgehead atoms. The van der Waals surface area contributed by atoms with Gasteiger partial charge in [-0.1, -0.05) is 42.2 Å². The lowest BCUT2D eigenvalue weighted by atomic mass is 9.96. The molecule has 2 amide bonds. The van der Waals surface area contributed by atoms with Gasteiger partial charge in [0.2, 0.25) is 0 Å². The van der Waals surface area contributed by atoms with Gasteiger partial charge in [-0.2, -0.15) is 0 Å². The molecule has 0 radical (unpaired) electrons. The van der Waals surface area contributed by atoms with E-state index in [9.17, 15) is 4.79 Å². The molecule has 1 aromatic carbocycles. The quantitative estimate of drug-likeness (QED) is 0.829. The van der Waals surface area contributed by atoms with Crippen LogP contribution in [0.25, 0.3) is 10.2 Å². The predicted octanol–water partition coefficient (Wildman–Crippen LogP) is 4.12. The van der Waals surface area contributed by atoms with E-state index in [-0.39, 0.29) is 6.03 Å². The number of nitrogens with one attached hydrogen (secondary N) is 1. The molecule has 0 atom stereocenters. The fraction of sp³-hybridized carbons (Fsp3) is 0.579. The van der Waals surface area contributed by atoms with Crippen LogP contribution in [-0.4, -0.2) is 55.2 Å². The van der Waals surface area contributed by atoms with Crippen molar-refractivity contribution in [2.75, 3.05) is 38.2 Å². The summed E-state index contributed by atoms with van der Waals surface area (Å²) in [6.07, 6.45) is 5.97. The van der Waals surface area contributed by atoms with Crippen molar-refractivity contribution >= 4 is 44.3 Å². The number of nitrogens with zero attached hydrogens (tertiary/aromatic N) is 3. The zero-order chi connectivity index (χ0) is 18.8. The molecule has 1 saturated heterocycles. The Morgan fingerprint density at radius 2 is 1.96 bits per heavy atom. The van der Waals surface area contributed by atoms with Crippen molar-refractivity contribution in [3.8, 4) is 5.75 Å². The number of fused-ring (bicyclic) bond motifs is 1. The molecule has 27 heavy (non-hydrogen) atoms. The second-order valence-electron chi connectivity index (χ2n) is 7.18. The molecule has 1 aliphatic carbocycles. The van der Waals surface area contributed by atoms with Gasteiger partial charge in [0.1, 0.15) is 11.3 Å². The summed E-state index contributed by atoms with van der Waals surface area (Å²) in [7, 11) is 1.64. The first-order chi connectivity index (χ1) is 13.2. The van der Waals surface area contributed by atoms with Gasteiger partial charge in [0, 0.05) is 32.2 Å². The van der Waals surface area contributed by atoms with Crippen molar-refractivity contribution in [1.29, 1.82) is 0 Å². The first-order valence-corrected chi connectivity index (χ1v) is 10.8. The smallest absolute Gasteiger partial charge is 0.317 e. The minimum Gasteiger partial charge on any atom is -0.494 e. The van der Waals surface area contributed by atoms with Gasteiger partial charge in [0.15, 0.2) is 5.13 Å². The molecule has 2 fully saturated rings. The number of thiazole rings is 1. The fourth-order valence-electron chi connectivity index (χ4n) is 3.85. The molecule has 1 saturated carbocycles. The van der Waals surface area contributed by atoms with Gasteiger partial charge in [-0.05, 0) is 25.0 Å². The molecule has 0 unspecified atom stereocenters. The van der Waals surface area contributed by atoms with E-state index in [0.717, 1.165) is 47.0 Å². The van der Waals surface area contributed by atoms with Crippen LogP contribution in [0.4, 0.5) is 9.93 Å². The molecule has 2 aliphatic rings. The highest BCUT2D eigenvalue weighted by atomic mass is 35.5. The van der Waals surface area contributed by atoms with Crippen LogP contribution in [0.1, 0.15) is 32.1 Å². The van der Waals surface area contributed by atoms with E-state index in [2.05, 4.69) is 10.2 Å². The van der Waals surface area contributed by atoms with Crippen molar-refractivity contribution in [2.24, 2.45) is 0 Å². The molecule has 0 spiro atoms. The number of ether oxygens (including phenoxy) is 1. The molecule has 6 nitrogen and oxygen atoms in total. The van der Waals surface area contributed by atoms with Crippen molar-refractivity contribution < 1.29 is 9.53 Å². The number of hydrogen-bond acceptors (Lipinski definition) is 5. The Labute approximate surface area is 168 Å². The number of carbonyl (C=O) groups excluding carboxylic acids is 1. The summed E-state index contributed by atoms with van der Waals surface area (Å²) in [6, 6.07) is 4.12. The number of amides is 2. The molecule has 8 heteroatoms. The first kappa shape index (κ1) is 18.6. The van der Waals surface area contributed by atoms with Crippen LogP contribution in [0.15, 0.2) is 12.1 Å². The number of methoxy groups -OCH3 is 1. The fourth-order valence-corrected chi connectivity index (χ4v) is 5.16. The normalized spacial score (nSPS) is 18.7. The molecular weight excluding hydrogens is 384 g/mol. The summed E-state index contributed by atoms with van der Waals surface area (Å²) < 4.78 is 6.36. The summed E-state index contributed by atoms with van der Waals surface area (Å²) in [6.45, 7) is 2.97. The molecule has 4 rings (SSSR count). The minimum absolute atomic E-state index is 0.0792. The lowest BCUT2D eigenvalue weighted by molar-refractivity contribution is 0.186. The van der Waals surface area contributed by atoms with Crippen LogP contribution in [-0.2, 0) is 0 Å². The van der Waals surface area contributed by atoms with Crippen molar-refractivity contribution in [1.82, 2.24) is 15.2 Å². The van der Waals surface area contributed by atoms with Gasteiger partial charge in [0.25, 0.3) is 0 Å². The summed E-state index contributed by atoms with van der Waals surface area (Å²) in [5, 5.41) is 4.84. The number of carbonyl (C=O) groups is 1. The van der Waals surface area contributed by atoms with E-state index in [0.29, 0.717) is 24.2 Å². The molecule has 1 aromatic heterocycles. The standard InChI is InChI=1S/C19H25ClN4O2S/c1-26-15-8-7-14(20)17-16(15)22-19(27-17)24-11-9-23(10-12-24)18(25)21-13-5-3-2-4-6-13/h7-8,13H,2-6,9-12H2,1H3,(H,21,25). The number of hydrogen-bond donors (Lipinski definition) is 1. The highest BCUT2D eigenvalue weighted by molar-refractivity contribution is 7.22. The number of aromatic nitrogens is 1. The van der Waals surface area contributed by atoms with E-state index in [4.69, 9.17) is 21.3 Å². The molecule has 1 N–H and O–H groups in total. The predicted molar refractivity (Wildman–Crippen MR) is 110 cm³/mol. The van der Waals surface area contributed by atoms with Crippen LogP contribution in [0, 0.1) is 0 Å². The lowest BCUT2D eigenvalue weighted by Gasteiger charge is -2.35. The molecular formula is C19H25ClN4O2S. The Hall–Kier alpha value is -1.73. The third-order valence-corrected chi connectivity index (χ3v) is 7.01. The van der Waals surface area contributed by atoms with E-state index in [1.54, 1.807) is 18.4 Å². The Bertz CT molecular complexity index is 813. The van der Waals surface area contributed by atoms with Crippen molar-refractivity contribution in [3.63, 3.8) is 0 Å². The maximum atomic E-state index is 12.5. The van der Waals surface area contributed by atoms with E-state index in [1.165, 1.54) is 19.3 Å². The maximum absolute atomic E-state index is 12.5.